The first-order valence-corrected chi connectivity index (χ1v) is 6.64. The van der Waals surface area contributed by atoms with Gasteiger partial charge in [-0.1, -0.05) is 13.8 Å². The molecule has 3 heteroatoms. The lowest BCUT2D eigenvalue weighted by atomic mass is 10.1. The molecule has 0 heterocycles. The SMILES string of the molecule is CCC(C)NC(=O)CCNC1CCC(C)C1. The van der Waals surface area contributed by atoms with Crippen LogP contribution < -0.4 is 10.6 Å². The van der Waals surface area contributed by atoms with E-state index < -0.39 is 0 Å². The number of carbonyl (C=O) groups is 1. The highest BCUT2D eigenvalue weighted by Gasteiger charge is 2.20. The number of nitrogens with one attached hydrogen (secondary N) is 2. The minimum atomic E-state index is 0.174. The molecule has 0 aliphatic heterocycles. The molecule has 0 aromatic rings. The molecule has 2 N–H and O–H groups in total. The molecule has 0 aromatic heterocycles. The van der Waals surface area contributed by atoms with Crippen LogP contribution in [-0.2, 0) is 4.79 Å². The van der Waals surface area contributed by atoms with Gasteiger partial charge >= 0.3 is 0 Å². The van der Waals surface area contributed by atoms with Crippen molar-refractivity contribution in [2.45, 2.75) is 65.0 Å². The highest BCUT2D eigenvalue weighted by Crippen LogP contribution is 2.24. The highest BCUT2D eigenvalue weighted by atomic mass is 16.1. The van der Waals surface area contributed by atoms with Crippen LogP contribution in [0, 0.1) is 5.92 Å². The second-order valence-electron chi connectivity index (χ2n) is 5.20. The van der Waals surface area contributed by atoms with Gasteiger partial charge in [0, 0.05) is 25.0 Å². The van der Waals surface area contributed by atoms with Gasteiger partial charge in [-0.15, -0.1) is 0 Å². The molecule has 16 heavy (non-hydrogen) atoms. The van der Waals surface area contributed by atoms with Gasteiger partial charge in [0.25, 0.3) is 0 Å². The summed E-state index contributed by atoms with van der Waals surface area (Å²) in [6, 6.07) is 0.949. The third kappa shape index (κ3) is 4.97. The minimum absolute atomic E-state index is 0.174. The lowest BCUT2D eigenvalue weighted by molar-refractivity contribution is -0.121. The molecule has 1 fully saturated rings. The Bertz CT molecular complexity index is 218. The first kappa shape index (κ1) is 13.5. The van der Waals surface area contributed by atoms with E-state index in [4.69, 9.17) is 0 Å². The summed E-state index contributed by atoms with van der Waals surface area (Å²) in [5.74, 6) is 1.03. The van der Waals surface area contributed by atoms with E-state index in [9.17, 15) is 4.79 Å². The molecule has 0 saturated heterocycles. The zero-order valence-corrected chi connectivity index (χ0v) is 10.9. The quantitative estimate of drug-likeness (QED) is 0.728. The minimum Gasteiger partial charge on any atom is -0.354 e. The van der Waals surface area contributed by atoms with Gasteiger partial charge in [0.1, 0.15) is 0 Å². The van der Waals surface area contributed by atoms with Crippen LogP contribution in [0.15, 0.2) is 0 Å². The maximum Gasteiger partial charge on any atom is 0.221 e. The summed E-state index contributed by atoms with van der Waals surface area (Å²) in [7, 11) is 0. The maximum atomic E-state index is 11.5. The number of rotatable bonds is 6. The Morgan fingerprint density at radius 1 is 1.44 bits per heavy atom. The fourth-order valence-electron chi connectivity index (χ4n) is 2.23. The van der Waals surface area contributed by atoms with Crippen LogP contribution in [0.5, 0.6) is 0 Å². The van der Waals surface area contributed by atoms with Gasteiger partial charge in [-0.25, -0.2) is 0 Å². The van der Waals surface area contributed by atoms with Crippen LogP contribution >= 0.6 is 0 Å². The Morgan fingerprint density at radius 2 is 2.19 bits per heavy atom. The van der Waals surface area contributed by atoms with E-state index in [0.717, 1.165) is 18.9 Å². The van der Waals surface area contributed by atoms with Gasteiger partial charge in [0.05, 0.1) is 0 Å². The van der Waals surface area contributed by atoms with Crippen LogP contribution in [0.1, 0.15) is 52.9 Å². The van der Waals surface area contributed by atoms with Crippen LogP contribution in [0.3, 0.4) is 0 Å². The topological polar surface area (TPSA) is 41.1 Å². The first-order chi connectivity index (χ1) is 7.61. The second kappa shape index (κ2) is 6.89. The van der Waals surface area contributed by atoms with Gasteiger partial charge in [0.2, 0.25) is 5.91 Å². The van der Waals surface area contributed by atoms with Crippen LogP contribution in [-0.4, -0.2) is 24.5 Å². The number of hydrogen-bond donors (Lipinski definition) is 2. The second-order valence-corrected chi connectivity index (χ2v) is 5.20. The average Bonchev–Trinajstić information content (AvgIpc) is 2.64. The Kier molecular flexibility index (Phi) is 5.81. The largest absolute Gasteiger partial charge is 0.354 e. The first-order valence-electron chi connectivity index (χ1n) is 6.64. The molecule has 0 aromatic carbocycles. The summed E-state index contributed by atoms with van der Waals surface area (Å²) in [5, 5.41) is 6.46. The molecule has 3 nitrogen and oxygen atoms in total. The van der Waals surface area contributed by atoms with Crippen molar-refractivity contribution in [3.05, 3.63) is 0 Å². The van der Waals surface area contributed by atoms with E-state index in [-0.39, 0.29) is 5.91 Å². The summed E-state index contributed by atoms with van der Waals surface area (Å²) in [6.45, 7) is 7.25. The zero-order valence-electron chi connectivity index (χ0n) is 10.9. The fraction of sp³-hybridized carbons (Fsp3) is 0.923. The molecule has 0 bridgehead atoms. The predicted molar refractivity (Wildman–Crippen MR) is 67.3 cm³/mol. The molecule has 94 valence electrons. The Labute approximate surface area is 99.4 Å². The molecular weight excluding hydrogens is 200 g/mol. The van der Waals surface area contributed by atoms with E-state index in [0.29, 0.717) is 18.5 Å². The maximum absolute atomic E-state index is 11.5. The monoisotopic (exact) mass is 226 g/mol. The summed E-state index contributed by atoms with van der Waals surface area (Å²) < 4.78 is 0. The Hall–Kier alpha value is -0.570. The van der Waals surface area contributed by atoms with Crippen molar-refractivity contribution in [2.24, 2.45) is 5.92 Å². The van der Waals surface area contributed by atoms with E-state index in [1.54, 1.807) is 0 Å². The normalized spacial score (nSPS) is 26.7. The molecule has 3 atom stereocenters. The van der Waals surface area contributed by atoms with E-state index in [1.807, 2.05) is 6.92 Å². The average molecular weight is 226 g/mol. The van der Waals surface area contributed by atoms with E-state index in [1.165, 1.54) is 19.3 Å². The lowest BCUT2D eigenvalue weighted by Crippen LogP contribution is -2.35. The number of amides is 1. The smallest absolute Gasteiger partial charge is 0.221 e. The molecule has 1 aliphatic rings. The molecule has 1 amide bonds. The van der Waals surface area contributed by atoms with Gasteiger partial charge in [-0.2, -0.15) is 0 Å². The molecule has 1 rings (SSSR count). The van der Waals surface area contributed by atoms with Gasteiger partial charge in [-0.3, -0.25) is 4.79 Å². The van der Waals surface area contributed by atoms with Gasteiger partial charge in [-0.05, 0) is 38.5 Å². The van der Waals surface area contributed by atoms with Crippen LogP contribution in [0.2, 0.25) is 0 Å². The zero-order chi connectivity index (χ0) is 12.0. The van der Waals surface area contributed by atoms with Crippen molar-refractivity contribution in [1.29, 1.82) is 0 Å². The number of carbonyl (C=O) groups excluding carboxylic acids is 1. The van der Waals surface area contributed by atoms with Gasteiger partial charge in [0.15, 0.2) is 0 Å². The summed E-state index contributed by atoms with van der Waals surface area (Å²) in [6.07, 6.45) is 5.48. The van der Waals surface area contributed by atoms with Crippen molar-refractivity contribution in [2.75, 3.05) is 6.54 Å². The van der Waals surface area contributed by atoms with Crippen LogP contribution in [0.25, 0.3) is 0 Å². The van der Waals surface area contributed by atoms with Crippen molar-refractivity contribution in [3.63, 3.8) is 0 Å². The number of hydrogen-bond acceptors (Lipinski definition) is 2. The standard InChI is InChI=1S/C13H26N2O/c1-4-11(3)15-13(16)7-8-14-12-6-5-10(2)9-12/h10-12,14H,4-9H2,1-3H3,(H,15,16). The van der Waals surface area contributed by atoms with E-state index >= 15 is 0 Å². The highest BCUT2D eigenvalue weighted by molar-refractivity contribution is 5.76. The Balaban J connectivity index is 2.04. The molecule has 1 aliphatic carbocycles. The third-order valence-electron chi connectivity index (χ3n) is 3.50. The summed E-state index contributed by atoms with van der Waals surface area (Å²) in [5.41, 5.74) is 0. The fourth-order valence-corrected chi connectivity index (χ4v) is 2.23. The van der Waals surface area contributed by atoms with Crippen molar-refractivity contribution >= 4 is 5.91 Å². The predicted octanol–water partition coefficient (Wildman–Crippen LogP) is 2.07. The van der Waals surface area contributed by atoms with Gasteiger partial charge < -0.3 is 10.6 Å². The molecular formula is C13H26N2O. The van der Waals surface area contributed by atoms with Crippen molar-refractivity contribution in [3.8, 4) is 0 Å². The Morgan fingerprint density at radius 3 is 2.75 bits per heavy atom. The molecule has 3 unspecified atom stereocenters. The van der Waals surface area contributed by atoms with Crippen LogP contribution in [0.4, 0.5) is 0 Å². The lowest BCUT2D eigenvalue weighted by Gasteiger charge is -2.14. The molecule has 1 saturated carbocycles. The summed E-state index contributed by atoms with van der Waals surface area (Å²) in [4.78, 5) is 11.5. The summed E-state index contributed by atoms with van der Waals surface area (Å²) >= 11 is 0. The van der Waals surface area contributed by atoms with E-state index in [2.05, 4.69) is 24.5 Å². The van der Waals surface area contributed by atoms with Crippen molar-refractivity contribution < 1.29 is 4.79 Å². The van der Waals surface area contributed by atoms with Crippen molar-refractivity contribution in [1.82, 2.24) is 10.6 Å². The molecule has 0 spiro atoms. The third-order valence-corrected chi connectivity index (χ3v) is 3.50. The molecule has 0 radical (unpaired) electrons.